The van der Waals surface area contributed by atoms with E-state index in [4.69, 9.17) is 0 Å². The van der Waals surface area contributed by atoms with Gasteiger partial charge in [0.15, 0.2) is 0 Å². The number of aromatic nitrogens is 1. The second-order valence-corrected chi connectivity index (χ2v) is 6.46. The van der Waals surface area contributed by atoms with Crippen molar-refractivity contribution in [2.24, 2.45) is 0 Å². The molecule has 0 aliphatic rings. The van der Waals surface area contributed by atoms with Crippen molar-refractivity contribution in [3.8, 4) is 11.3 Å². The Morgan fingerprint density at radius 3 is 2.43 bits per heavy atom. The zero-order chi connectivity index (χ0) is 15.0. The fraction of sp³-hybridized carbons (Fsp3) is 0.300. The maximum Gasteiger partial charge on any atom is 0.0496 e. The average Bonchev–Trinajstić information content (AvgIpc) is 2.87. The first-order valence-corrected chi connectivity index (χ1v) is 7.71. The molecule has 1 nitrogen and oxygen atoms in total. The van der Waals surface area contributed by atoms with Crippen molar-refractivity contribution in [2.75, 3.05) is 0 Å². The number of hydrogen-bond donors (Lipinski definition) is 0. The van der Waals surface area contributed by atoms with Crippen LogP contribution in [0.2, 0.25) is 0 Å². The molecule has 3 rings (SSSR count). The van der Waals surface area contributed by atoms with Crippen molar-refractivity contribution in [2.45, 2.75) is 39.7 Å². The van der Waals surface area contributed by atoms with Crippen molar-refractivity contribution in [1.82, 2.24) is 4.57 Å². The second kappa shape index (κ2) is 5.07. The van der Waals surface area contributed by atoms with E-state index in [0.717, 1.165) is 6.42 Å². The molecule has 1 heteroatoms. The Bertz CT molecular complexity index is 777. The van der Waals surface area contributed by atoms with Crippen LogP contribution in [-0.2, 0) is 5.54 Å². The van der Waals surface area contributed by atoms with Gasteiger partial charge >= 0.3 is 0 Å². The second-order valence-electron chi connectivity index (χ2n) is 6.46. The van der Waals surface area contributed by atoms with Gasteiger partial charge in [0.05, 0.1) is 0 Å². The number of para-hydroxylation sites is 1. The number of aryl methyl sites for hydroxylation is 1. The number of nitrogens with zero attached hydrogens (tertiary/aromatic N) is 1. The van der Waals surface area contributed by atoms with Crippen LogP contribution in [0.5, 0.6) is 0 Å². The van der Waals surface area contributed by atoms with Gasteiger partial charge in [0.2, 0.25) is 0 Å². The lowest BCUT2D eigenvalue weighted by Crippen LogP contribution is -2.25. The standard InChI is InChI=1S/C20H23N/c1-5-20(3,4)21-18-12-7-6-10-17(18)14-19(21)16-11-8-9-15(2)13-16/h6-14H,5H2,1-4H3. The Kier molecular flexibility index (Phi) is 3.36. The molecule has 3 aromatic rings. The van der Waals surface area contributed by atoms with Gasteiger partial charge in [0.25, 0.3) is 0 Å². The summed E-state index contributed by atoms with van der Waals surface area (Å²) in [5.41, 5.74) is 5.33. The van der Waals surface area contributed by atoms with Crippen LogP contribution in [0.15, 0.2) is 54.6 Å². The van der Waals surface area contributed by atoms with Gasteiger partial charge in [-0.05, 0) is 51.0 Å². The van der Waals surface area contributed by atoms with Crippen LogP contribution in [0.3, 0.4) is 0 Å². The Morgan fingerprint density at radius 2 is 1.71 bits per heavy atom. The molecule has 1 aromatic heterocycles. The molecule has 0 bridgehead atoms. The van der Waals surface area contributed by atoms with Gasteiger partial charge in [0, 0.05) is 22.1 Å². The molecule has 0 unspecified atom stereocenters. The molecule has 0 fully saturated rings. The van der Waals surface area contributed by atoms with E-state index < -0.39 is 0 Å². The SMILES string of the molecule is CCC(C)(C)n1c(-c2cccc(C)c2)cc2ccccc21. The van der Waals surface area contributed by atoms with Gasteiger partial charge in [0.1, 0.15) is 0 Å². The fourth-order valence-electron chi connectivity index (χ4n) is 2.98. The van der Waals surface area contributed by atoms with Crippen LogP contribution in [0.25, 0.3) is 22.2 Å². The fourth-order valence-corrected chi connectivity index (χ4v) is 2.98. The monoisotopic (exact) mass is 277 g/mol. The molecule has 0 spiro atoms. The quantitative estimate of drug-likeness (QED) is 0.573. The van der Waals surface area contributed by atoms with E-state index in [-0.39, 0.29) is 5.54 Å². The van der Waals surface area contributed by atoms with Gasteiger partial charge < -0.3 is 4.57 Å². The normalized spacial score (nSPS) is 12.0. The number of hydrogen-bond acceptors (Lipinski definition) is 0. The third-order valence-corrected chi connectivity index (χ3v) is 4.50. The first kappa shape index (κ1) is 13.9. The minimum absolute atomic E-state index is 0.0994. The third kappa shape index (κ3) is 2.37. The molecule has 0 saturated heterocycles. The predicted molar refractivity (Wildman–Crippen MR) is 91.7 cm³/mol. The smallest absolute Gasteiger partial charge is 0.0496 e. The molecule has 2 aromatic carbocycles. The van der Waals surface area contributed by atoms with Crippen LogP contribution in [0, 0.1) is 6.92 Å². The Morgan fingerprint density at radius 1 is 0.952 bits per heavy atom. The molecule has 0 atom stereocenters. The molecular formula is C20H23N. The van der Waals surface area contributed by atoms with Crippen molar-refractivity contribution in [1.29, 1.82) is 0 Å². The predicted octanol–water partition coefficient (Wildman–Crippen LogP) is 5.76. The van der Waals surface area contributed by atoms with Crippen LogP contribution >= 0.6 is 0 Å². The average molecular weight is 277 g/mol. The minimum Gasteiger partial charge on any atom is -0.335 e. The van der Waals surface area contributed by atoms with Crippen LogP contribution in [0.1, 0.15) is 32.8 Å². The first-order valence-electron chi connectivity index (χ1n) is 7.71. The van der Waals surface area contributed by atoms with Gasteiger partial charge in [-0.15, -0.1) is 0 Å². The lowest BCUT2D eigenvalue weighted by Gasteiger charge is -2.29. The summed E-state index contributed by atoms with van der Waals surface area (Å²) in [6.45, 7) is 9.05. The lowest BCUT2D eigenvalue weighted by atomic mass is 9.99. The van der Waals surface area contributed by atoms with E-state index in [1.807, 2.05) is 0 Å². The van der Waals surface area contributed by atoms with E-state index in [9.17, 15) is 0 Å². The van der Waals surface area contributed by atoms with Crippen LogP contribution in [0.4, 0.5) is 0 Å². The van der Waals surface area contributed by atoms with Gasteiger partial charge in [-0.25, -0.2) is 0 Å². The molecule has 0 saturated carbocycles. The highest BCUT2D eigenvalue weighted by Crippen LogP contribution is 2.35. The van der Waals surface area contributed by atoms with Crippen molar-refractivity contribution < 1.29 is 0 Å². The van der Waals surface area contributed by atoms with E-state index in [0.29, 0.717) is 0 Å². The van der Waals surface area contributed by atoms with E-state index >= 15 is 0 Å². The molecule has 0 aliphatic carbocycles. The van der Waals surface area contributed by atoms with Crippen LogP contribution < -0.4 is 0 Å². The summed E-state index contributed by atoms with van der Waals surface area (Å²) in [5, 5.41) is 1.32. The van der Waals surface area contributed by atoms with Crippen molar-refractivity contribution in [3.05, 3.63) is 60.2 Å². The van der Waals surface area contributed by atoms with E-state index in [1.165, 1.54) is 27.7 Å². The molecule has 0 aliphatic heterocycles. The highest BCUT2D eigenvalue weighted by atomic mass is 15.1. The highest BCUT2D eigenvalue weighted by Gasteiger charge is 2.23. The summed E-state index contributed by atoms with van der Waals surface area (Å²) in [6.07, 6.45) is 1.10. The molecule has 21 heavy (non-hydrogen) atoms. The summed E-state index contributed by atoms with van der Waals surface area (Å²) in [7, 11) is 0. The molecule has 0 N–H and O–H groups in total. The summed E-state index contributed by atoms with van der Waals surface area (Å²) >= 11 is 0. The van der Waals surface area contributed by atoms with Gasteiger partial charge in [-0.1, -0.05) is 48.9 Å². The molecular weight excluding hydrogens is 254 g/mol. The van der Waals surface area contributed by atoms with E-state index in [1.54, 1.807) is 0 Å². The van der Waals surface area contributed by atoms with E-state index in [2.05, 4.69) is 86.9 Å². The number of fused-ring (bicyclic) bond motifs is 1. The van der Waals surface area contributed by atoms with Crippen molar-refractivity contribution in [3.63, 3.8) is 0 Å². The Balaban J connectivity index is 2.34. The summed E-state index contributed by atoms with van der Waals surface area (Å²) < 4.78 is 2.50. The molecule has 0 radical (unpaired) electrons. The summed E-state index contributed by atoms with van der Waals surface area (Å²) in [6, 6.07) is 19.8. The zero-order valence-electron chi connectivity index (χ0n) is 13.4. The zero-order valence-corrected chi connectivity index (χ0v) is 13.4. The minimum atomic E-state index is 0.0994. The van der Waals surface area contributed by atoms with Crippen LogP contribution in [-0.4, -0.2) is 4.57 Å². The maximum atomic E-state index is 2.50. The highest BCUT2D eigenvalue weighted by molar-refractivity contribution is 5.87. The first-order chi connectivity index (χ1) is 10.0. The third-order valence-electron chi connectivity index (χ3n) is 4.50. The summed E-state index contributed by atoms with van der Waals surface area (Å²) in [4.78, 5) is 0. The van der Waals surface area contributed by atoms with Gasteiger partial charge in [-0.3, -0.25) is 0 Å². The summed E-state index contributed by atoms with van der Waals surface area (Å²) in [5.74, 6) is 0. The Hall–Kier alpha value is -2.02. The largest absolute Gasteiger partial charge is 0.335 e. The van der Waals surface area contributed by atoms with Crippen molar-refractivity contribution >= 4 is 10.9 Å². The number of benzene rings is 2. The Labute approximate surface area is 127 Å². The molecule has 108 valence electrons. The topological polar surface area (TPSA) is 4.93 Å². The molecule has 1 heterocycles. The number of rotatable bonds is 3. The maximum absolute atomic E-state index is 2.50. The van der Waals surface area contributed by atoms with Gasteiger partial charge in [-0.2, -0.15) is 0 Å². The molecule has 0 amide bonds. The lowest BCUT2D eigenvalue weighted by molar-refractivity contribution is 0.357.